The van der Waals surface area contributed by atoms with Crippen LogP contribution in [-0.4, -0.2) is 0 Å². The molecule has 0 aliphatic rings. The van der Waals surface area contributed by atoms with Gasteiger partial charge in [-0.15, -0.1) is 0 Å². The van der Waals surface area contributed by atoms with Gasteiger partial charge in [-0.3, -0.25) is 0 Å². The lowest BCUT2D eigenvalue weighted by atomic mass is 9.83. The van der Waals surface area contributed by atoms with E-state index in [1.807, 2.05) is 0 Å². The van der Waals surface area contributed by atoms with Crippen LogP contribution in [0.4, 0.5) is 0 Å². The fourth-order valence-electron chi connectivity index (χ4n) is 4.70. The quantitative estimate of drug-likeness (QED) is 0.267. The fraction of sp³-hybridized carbons (Fsp3) is 0.133. The number of hydrogen-bond donors (Lipinski definition) is 0. The molecule has 0 saturated carbocycles. The lowest BCUT2D eigenvalue weighted by Gasteiger charge is -2.20. The van der Waals surface area contributed by atoms with Crippen molar-refractivity contribution in [2.24, 2.45) is 0 Å². The van der Waals surface area contributed by atoms with Crippen LogP contribution >= 0.6 is 0 Å². The maximum Gasteiger partial charge on any atom is -0.00237 e. The molecular weight excluding hydrogens is 360 g/mol. The van der Waals surface area contributed by atoms with Crippen LogP contribution in [-0.2, 0) is 0 Å². The lowest BCUT2D eigenvalue weighted by Crippen LogP contribution is -1.93. The van der Waals surface area contributed by atoms with E-state index in [9.17, 15) is 0 Å². The largest absolute Gasteiger partial charge is 0.0614 e. The molecule has 0 radical (unpaired) electrons. The minimum absolute atomic E-state index is 1.28. The van der Waals surface area contributed by atoms with Crippen molar-refractivity contribution in [3.8, 4) is 22.3 Å². The summed E-state index contributed by atoms with van der Waals surface area (Å²) in [7, 11) is 0. The van der Waals surface area contributed by atoms with Gasteiger partial charge >= 0.3 is 0 Å². The summed E-state index contributed by atoms with van der Waals surface area (Å²) in [4.78, 5) is 0. The zero-order valence-electron chi connectivity index (χ0n) is 18.1. The molecule has 0 unspecified atom stereocenters. The van der Waals surface area contributed by atoms with Crippen LogP contribution in [0.2, 0.25) is 0 Å². The van der Waals surface area contributed by atoms with Gasteiger partial charge in [-0.25, -0.2) is 0 Å². The first-order chi connectivity index (χ1) is 14.5. The van der Waals surface area contributed by atoms with E-state index in [-0.39, 0.29) is 0 Å². The van der Waals surface area contributed by atoms with Crippen LogP contribution < -0.4 is 0 Å². The molecule has 0 bridgehead atoms. The summed E-state index contributed by atoms with van der Waals surface area (Å²) >= 11 is 0. The van der Waals surface area contributed by atoms with Crippen molar-refractivity contribution in [2.75, 3.05) is 0 Å². The van der Waals surface area contributed by atoms with E-state index in [2.05, 4.69) is 113 Å². The van der Waals surface area contributed by atoms with E-state index in [1.54, 1.807) is 0 Å². The molecule has 0 aliphatic heterocycles. The molecule has 5 rings (SSSR count). The third kappa shape index (κ3) is 3.00. The Balaban J connectivity index is 2.04. The second-order valence-electron chi connectivity index (χ2n) is 8.53. The summed E-state index contributed by atoms with van der Waals surface area (Å²) < 4.78 is 0. The summed E-state index contributed by atoms with van der Waals surface area (Å²) in [5.74, 6) is 0. The van der Waals surface area contributed by atoms with Gasteiger partial charge in [0.15, 0.2) is 0 Å². The molecule has 5 aromatic rings. The summed E-state index contributed by atoms with van der Waals surface area (Å²) in [6.07, 6.45) is 0. The Morgan fingerprint density at radius 2 is 1.13 bits per heavy atom. The van der Waals surface area contributed by atoms with Crippen molar-refractivity contribution in [3.63, 3.8) is 0 Å². The number of aryl methyl sites for hydroxylation is 4. The molecule has 0 spiro atoms. The van der Waals surface area contributed by atoms with Gasteiger partial charge in [0.1, 0.15) is 0 Å². The average Bonchev–Trinajstić information content (AvgIpc) is 2.73. The molecule has 0 aliphatic carbocycles. The van der Waals surface area contributed by atoms with Crippen LogP contribution in [0.15, 0.2) is 84.9 Å². The maximum absolute atomic E-state index is 2.35. The predicted molar refractivity (Wildman–Crippen MR) is 131 cm³/mol. The molecule has 0 atom stereocenters. The highest BCUT2D eigenvalue weighted by Gasteiger charge is 2.18. The van der Waals surface area contributed by atoms with Crippen LogP contribution in [0.3, 0.4) is 0 Å². The highest BCUT2D eigenvalue weighted by atomic mass is 14.2. The number of hydrogen-bond acceptors (Lipinski definition) is 0. The lowest BCUT2D eigenvalue weighted by molar-refractivity contribution is 1.46. The number of fused-ring (bicyclic) bond motifs is 2. The Bertz CT molecular complexity index is 1400. The van der Waals surface area contributed by atoms with Gasteiger partial charge < -0.3 is 0 Å². The Morgan fingerprint density at radius 1 is 0.433 bits per heavy atom. The highest BCUT2D eigenvalue weighted by molar-refractivity contribution is 6.22. The molecule has 0 saturated heterocycles. The molecule has 0 heteroatoms. The van der Waals surface area contributed by atoms with E-state index in [1.165, 1.54) is 66.1 Å². The Hall–Kier alpha value is -3.38. The SMILES string of the molecule is Cc1ccc(-c2c3ccc(C)cc3c(-c3cccc(C)c3)c3cccc(C)c23)cc1. The van der Waals surface area contributed by atoms with Crippen molar-refractivity contribution in [1.82, 2.24) is 0 Å². The fourth-order valence-corrected chi connectivity index (χ4v) is 4.70. The van der Waals surface area contributed by atoms with E-state index < -0.39 is 0 Å². The normalized spacial score (nSPS) is 11.3. The topological polar surface area (TPSA) is 0 Å². The van der Waals surface area contributed by atoms with E-state index >= 15 is 0 Å². The van der Waals surface area contributed by atoms with Gasteiger partial charge in [0.2, 0.25) is 0 Å². The molecule has 0 N–H and O–H groups in total. The van der Waals surface area contributed by atoms with E-state index in [4.69, 9.17) is 0 Å². The standard InChI is InChI=1S/C30H26/c1-19-11-14-23(15-12-19)30-25-16-13-21(3)18-27(25)29(24-9-5-7-20(2)17-24)26-10-6-8-22(4)28(26)30/h5-18H,1-4H3. The minimum atomic E-state index is 1.28. The maximum atomic E-state index is 2.35. The van der Waals surface area contributed by atoms with Crippen molar-refractivity contribution in [3.05, 3.63) is 107 Å². The highest BCUT2D eigenvalue weighted by Crippen LogP contribution is 2.45. The number of benzene rings is 5. The average molecular weight is 387 g/mol. The molecule has 0 fully saturated rings. The van der Waals surface area contributed by atoms with Crippen molar-refractivity contribution in [1.29, 1.82) is 0 Å². The first-order valence-corrected chi connectivity index (χ1v) is 10.6. The molecule has 30 heavy (non-hydrogen) atoms. The molecular formula is C30H26. The first kappa shape index (κ1) is 18.6. The van der Waals surface area contributed by atoms with Crippen LogP contribution in [0, 0.1) is 27.7 Å². The first-order valence-electron chi connectivity index (χ1n) is 10.6. The van der Waals surface area contributed by atoms with Gasteiger partial charge in [0.25, 0.3) is 0 Å². The molecule has 0 nitrogen and oxygen atoms in total. The third-order valence-corrected chi connectivity index (χ3v) is 6.15. The van der Waals surface area contributed by atoms with Crippen molar-refractivity contribution in [2.45, 2.75) is 27.7 Å². The van der Waals surface area contributed by atoms with Gasteiger partial charge in [-0.2, -0.15) is 0 Å². The van der Waals surface area contributed by atoms with Crippen LogP contribution in [0.25, 0.3) is 43.8 Å². The second kappa shape index (κ2) is 7.15. The zero-order chi connectivity index (χ0) is 20.8. The van der Waals surface area contributed by atoms with Gasteiger partial charge in [-0.1, -0.05) is 102 Å². The Morgan fingerprint density at radius 3 is 1.90 bits per heavy atom. The Kier molecular flexibility index (Phi) is 4.44. The van der Waals surface area contributed by atoms with Crippen molar-refractivity contribution >= 4 is 21.5 Å². The van der Waals surface area contributed by atoms with E-state index in [0.717, 1.165) is 0 Å². The van der Waals surface area contributed by atoms with Crippen molar-refractivity contribution < 1.29 is 0 Å². The van der Waals surface area contributed by atoms with E-state index in [0.29, 0.717) is 0 Å². The molecule has 5 aromatic carbocycles. The summed E-state index contributed by atoms with van der Waals surface area (Å²) in [6, 6.07) is 31.5. The van der Waals surface area contributed by atoms with Crippen LogP contribution in [0.1, 0.15) is 22.3 Å². The summed E-state index contributed by atoms with van der Waals surface area (Å²) in [5, 5.41) is 5.33. The monoisotopic (exact) mass is 386 g/mol. The zero-order valence-corrected chi connectivity index (χ0v) is 18.1. The number of rotatable bonds is 2. The molecule has 0 heterocycles. The van der Waals surface area contributed by atoms with Gasteiger partial charge in [0.05, 0.1) is 0 Å². The predicted octanol–water partition coefficient (Wildman–Crippen LogP) is 8.56. The minimum Gasteiger partial charge on any atom is -0.0614 e. The summed E-state index contributed by atoms with van der Waals surface area (Å²) in [6.45, 7) is 8.74. The van der Waals surface area contributed by atoms with Crippen LogP contribution in [0.5, 0.6) is 0 Å². The molecule has 0 aromatic heterocycles. The summed E-state index contributed by atoms with van der Waals surface area (Å²) in [5.41, 5.74) is 10.4. The smallest absolute Gasteiger partial charge is 0.00237 e. The van der Waals surface area contributed by atoms with Gasteiger partial charge in [0, 0.05) is 0 Å². The third-order valence-electron chi connectivity index (χ3n) is 6.15. The Labute approximate surface area is 178 Å². The van der Waals surface area contributed by atoms with Gasteiger partial charge in [-0.05, 0) is 77.1 Å². The molecule has 146 valence electrons. The second-order valence-corrected chi connectivity index (χ2v) is 8.53. The molecule has 0 amide bonds.